The lowest BCUT2D eigenvalue weighted by molar-refractivity contribution is -0.132. The van der Waals surface area contributed by atoms with Crippen LogP contribution in [0.1, 0.15) is 38.3 Å². The predicted octanol–water partition coefficient (Wildman–Crippen LogP) is 2.60. The molecule has 3 heteroatoms. The monoisotopic (exact) mass is 286 g/mol. The number of nitrogens with one attached hydrogen (secondary N) is 1. The molecular formula is C18H26N2O. The Kier molecular flexibility index (Phi) is 3.78. The molecule has 2 atom stereocenters. The minimum Gasteiger partial charge on any atom is -0.341 e. The van der Waals surface area contributed by atoms with E-state index in [0.717, 1.165) is 32.5 Å². The summed E-state index contributed by atoms with van der Waals surface area (Å²) in [6.07, 6.45) is 1.96. The number of carbonyl (C=O) groups is 1. The molecule has 1 fully saturated rings. The van der Waals surface area contributed by atoms with Crippen LogP contribution in [-0.4, -0.2) is 29.9 Å². The molecule has 2 heterocycles. The van der Waals surface area contributed by atoms with Crippen molar-refractivity contribution in [3.63, 3.8) is 0 Å². The summed E-state index contributed by atoms with van der Waals surface area (Å²) in [5.41, 5.74) is 2.94. The van der Waals surface area contributed by atoms with Crippen LogP contribution in [0.15, 0.2) is 24.3 Å². The summed E-state index contributed by atoms with van der Waals surface area (Å²) in [4.78, 5) is 14.8. The highest BCUT2D eigenvalue weighted by Crippen LogP contribution is 2.34. The molecule has 114 valence electrons. The minimum atomic E-state index is -0.0429. The number of likely N-dealkylation sites (tertiary alicyclic amines) is 1. The van der Waals surface area contributed by atoms with Gasteiger partial charge in [0.05, 0.1) is 6.04 Å². The SMILES string of the molecule is CC(C)(C)C1CCN(C(=O)[C@@H]2Cc3ccccc3CN2)C1. The van der Waals surface area contributed by atoms with Crippen molar-refractivity contribution in [3.8, 4) is 0 Å². The van der Waals surface area contributed by atoms with Gasteiger partial charge in [0.15, 0.2) is 0 Å². The third-order valence-corrected chi connectivity index (χ3v) is 5.10. The largest absolute Gasteiger partial charge is 0.341 e. The maximum Gasteiger partial charge on any atom is 0.240 e. The van der Waals surface area contributed by atoms with E-state index in [4.69, 9.17) is 0 Å². The second-order valence-corrected chi connectivity index (χ2v) is 7.54. The first-order valence-corrected chi connectivity index (χ1v) is 8.04. The zero-order valence-electron chi connectivity index (χ0n) is 13.4. The number of benzene rings is 1. The Balaban J connectivity index is 1.65. The molecule has 0 aromatic heterocycles. The van der Waals surface area contributed by atoms with Crippen molar-refractivity contribution in [2.45, 2.75) is 46.2 Å². The lowest BCUT2D eigenvalue weighted by Gasteiger charge is -2.30. The van der Waals surface area contributed by atoms with Gasteiger partial charge >= 0.3 is 0 Å². The van der Waals surface area contributed by atoms with Gasteiger partial charge in [-0.05, 0) is 35.3 Å². The van der Waals surface area contributed by atoms with Crippen LogP contribution >= 0.6 is 0 Å². The van der Waals surface area contributed by atoms with Crippen molar-refractivity contribution < 1.29 is 4.79 Å². The molecule has 0 radical (unpaired) electrons. The first-order chi connectivity index (χ1) is 9.95. The van der Waals surface area contributed by atoms with Crippen LogP contribution in [0.3, 0.4) is 0 Å². The molecule has 1 amide bonds. The van der Waals surface area contributed by atoms with E-state index in [9.17, 15) is 4.79 Å². The summed E-state index contributed by atoms with van der Waals surface area (Å²) in [7, 11) is 0. The zero-order valence-corrected chi connectivity index (χ0v) is 13.4. The average Bonchev–Trinajstić information content (AvgIpc) is 2.96. The van der Waals surface area contributed by atoms with Crippen LogP contribution in [-0.2, 0) is 17.8 Å². The van der Waals surface area contributed by atoms with Gasteiger partial charge in [-0.25, -0.2) is 0 Å². The Hall–Kier alpha value is -1.35. The second kappa shape index (κ2) is 5.45. The minimum absolute atomic E-state index is 0.0429. The highest BCUT2D eigenvalue weighted by molar-refractivity contribution is 5.83. The normalized spacial score (nSPS) is 25.8. The second-order valence-electron chi connectivity index (χ2n) is 7.54. The summed E-state index contributed by atoms with van der Waals surface area (Å²) in [6, 6.07) is 8.39. The summed E-state index contributed by atoms with van der Waals surface area (Å²) in [6.45, 7) is 9.48. The Bertz CT molecular complexity index is 532. The fourth-order valence-electron chi connectivity index (χ4n) is 3.52. The number of fused-ring (bicyclic) bond motifs is 1. The molecule has 0 aliphatic carbocycles. The van der Waals surface area contributed by atoms with Crippen molar-refractivity contribution in [2.75, 3.05) is 13.1 Å². The van der Waals surface area contributed by atoms with E-state index in [0.29, 0.717) is 11.3 Å². The molecule has 1 aromatic rings. The maximum atomic E-state index is 12.7. The van der Waals surface area contributed by atoms with Crippen molar-refractivity contribution >= 4 is 5.91 Å². The fourth-order valence-corrected chi connectivity index (χ4v) is 3.52. The molecule has 2 aliphatic heterocycles. The van der Waals surface area contributed by atoms with E-state index in [2.05, 4.69) is 55.3 Å². The molecule has 21 heavy (non-hydrogen) atoms. The average molecular weight is 286 g/mol. The number of amides is 1. The van der Waals surface area contributed by atoms with Gasteiger partial charge in [0.2, 0.25) is 5.91 Å². The van der Waals surface area contributed by atoms with Crippen LogP contribution in [0.5, 0.6) is 0 Å². The van der Waals surface area contributed by atoms with E-state index >= 15 is 0 Å². The highest BCUT2D eigenvalue weighted by atomic mass is 16.2. The van der Waals surface area contributed by atoms with Crippen LogP contribution in [0.4, 0.5) is 0 Å². The summed E-state index contributed by atoms with van der Waals surface area (Å²) >= 11 is 0. The molecule has 1 unspecified atom stereocenters. The lowest BCUT2D eigenvalue weighted by Crippen LogP contribution is -2.49. The first kappa shape index (κ1) is 14.6. The molecule has 1 N–H and O–H groups in total. The molecule has 3 rings (SSSR count). The van der Waals surface area contributed by atoms with Crippen LogP contribution in [0.25, 0.3) is 0 Å². The van der Waals surface area contributed by atoms with Crippen molar-refractivity contribution in [3.05, 3.63) is 35.4 Å². The highest BCUT2D eigenvalue weighted by Gasteiger charge is 2.36. The molecule has 0 bridgehead atoms. The van der Waals surface area contributed by atoms with Crippen LogP contribution in [0, 0.1) is 11.3 Å². The molecule has 0 spiro atoms. The molecule has 1 saturated heterocycles. The number of carbonyl (C=O) groups excluding carboxylic acids is 1. The Morgan fingerprint density at radius 2 is 1.95 bits per heavy atom. The lowest BCUT2D eigenvalue weighted by atomic mass is 9.80. The van der Waals surface area contributed by atoms with Gasteiger partial charge in [0, 0.05) is 19.6 Å². The van der Waals surface area contributed by atoms with Gasteiger partial charge < -0.3 is 10.2 Å². The molecular weight excluding hydrogens is 260 g/mol. The molecule has 2 aliphatic rings. The van der Waals surface area contributed by atoms with Gasteiger partial charge in [-0.1, -0.05) is 45.0 Å². The van der Waals surface area contributed by atoms with Gasteiger partial charge in [-0.2, -0.15) is 0 Å². The van der Waals surface area contributed by atoms with E-state index in [1.165, 1.54) is 11.1 Å². The third-order valence-electron chi connectivity index (χ3n) is 5.10. The van der Waals surface area contributed by atoms with Gasteiger partial charge in [-0.3, -0.25) is 4.79 Å². The number of hydrogen-bond acceptors (Lipinski definition) is 2. The molecule has 3 nitrogen and oxygen atoms in total. The smallest absolute Gasteiger partial charge is 0.240 e. The van der Waals surface area contributed by atoms with Crippen LogP contribution in [0.2, 0.25) is 0 Å². The van der Waals surface area contributed by atoms with Crippen molar-refractivity contribution in [2.24, 2.45) is 11.3 Å². The van der Waals surface area contributed by atoms with Gasteiger partial charge in [0.1, 0.15) is 0 Å². The van der Waals surface area contributed by atoms with Crippen molar-refractivity contribution in [1.82, 2.24) is 10.2 Å². The standard InChI is InChI=1S/C18H26N2O/c1-18(2,3)15-8-9-20(12-15)17(21)16-10-13-6-4-5-7-14(13)11-19-16/h4-7,15-16,19H,8-12H2,1-3H3/t15?,16-/m0/s1. The van der Waals surface area contributed by atoms with E-state index in [1.807, 2.05) is 0 Å². The number of hydrogen-bond donors (Lipinski definition) is 1. The first-order valence-electron chi connectivity index (χ1n) is 8.04. The third kappa shape index (κ3) is 2.98. The van der Waals surface area contributed by atoms with E-state index < -0.39 is 0 Å². The van der Waals surface area contributed by atoms with E-state index in [-0.39, 0.29) is 11.9 Å². The zero-order chi connectivity index (χ0) is 15.0. The Labute approximate surface area is 127 Å². The maximum absolute atomic E-state index is 12.7. The van der Waals surface area contributed by atoms with Crippen molar-refractivity contribution in [1.29, 1.82) is 0 Å². The van der Waals surface area contributed by atoms with Gasteiger partial charge in [-0.15, -0.1) is 0 Å². The summed E-state index contributed by atoms with van der Waals surface area (Å²) in [5.74, 6) is 0.911. The number of rotatable bonds is 1. The summed E-state index contributed by atoms with van der Waals surface area (Å²) in [5, 5.41) is 3.41. The Morgan fingerprint density at radius 1 is 1.24 bits per heavy atom. The summed E-state index contributed by atoms with van der Waals surface area (Å²) < 4.78 is 0. The topological polar surface area (TPSA) is 32.3 Å². The predicted molar refractivity (Wildman–Crippen MR) is 84.9 cm³/mol. The number of nitrogens with zero attached hydrogens (tertiary/aromatic N) is 1. The van der Waals surface area contributed by atoms with Gasteiger partial charge in [0.25, 0.3) is 0 Å². The van der Waals surface area contributed by atoms with E-state index in [1.54, 1.807) is 0 Å². The van der Waals surface area contributed by atoms with Crippen LogP contribution < -0.4 is 5.32 Å². The quantitative estimate of drug-likeness (QED) is 0.860. The fraction of sp³-hybridized carbons (Fsp3) is 0.611. The molecule has 1 aromatic carbocycles. The Morgan fingerprint density at radius 3 is 2.62 bits per heavy atom. The molecule has 0 saturated carbocycles.